The van der Waals surface area contributed by atoms with Gasteiger partial charge >= 0.3 is 5.97 Å². The van der Waals surface area contributed by atoms with Gasteiger partial charge in [-0.2, -0.15) is 4.31 Å². The van der Waals surface area contributed by atoms with Crippen LogP contribution in [0, 0.1) is 6.92 Å². The predicted molar refractivity (Wildman–Crippen MR) is 132 cm³/mol. The zero-order valence-corrected chi connectivity index (χ0v) is 20.5. The number of rotatable bonds is 7. The maximum atomic E-state index is 13.4. The highest BCUT2D eigenvalue weighted by Gasteiger charge is 2.29. The molecule has 7 nitrogen and oxygen atoms in total. The van der Waals surface area contributed by atoms with Crippen molar-refractivity contribution in [2.24, 2.45) is 0 Å². The molecule has 0 fully saturated rings. The number of hydrogen-bond acceptors (Lipinski definition) is 5. The SMILES string of the molecule is COC(=O)CC(NC(=O)c1cccc(S(=O)(=O)N2CCc3ccccc3C2)c1)c1ccc(C)cc1. The Labute approximate surface area is 205 Å². The second kappa shape index (κ2) is 10.4. The summed E-state index contributed by atoms with van der Waals surface area (Å²) in [5.41, 5.74) is 4.14. The summed E-state index contributed by atoms with van der Waals surface area (Å²) in [5.74, 6) is -0.932. The van der Waals surface area contributed by atoms with Gasteiger partial charge in [-0.25, -0.2) is 8.42 Å². The second-order valence-electron chi connectivity index (χ2n) is 8.60. The largest absolute Gasteiger partial charge is 0.469 e. The van der Waals surface area contributed by atoms with Crippen molar-refractivity contribution in [3.63, 3.8) is 0 Å². The highest BCUT2D eigenvalue weighted by Crippen LogP contribution is 2.26. The number of nitrogens with zero attached hydrogens (tertiary/aromatic N) is 1. The molecule has 4 rings (SSSR count). The summed E-state index contributed by atoms with van der Waals surface area (Å²) < 4.78 is 33.0. The summed E-state index contributed by atoms with van der Waals surface area (Å²) in [6.45, 7) is 2.62. The molecule has 1 aliphatic rings. The summed E-state index contributed by atoms with van der Waals surface area (Å²) in [7, 11) is -2.49. The van der Waals surface area contributed by atoms with E-state index in [1.165, 1.54) is 23.5 Å². The molecule has 3 aromatic rings. The Morgan fingerprint density at radius 1 is 1.00 bits per heavy atom. The fourth-order valence-corrected chi connectivity index (χ4v) is 5.63. The van der Waals surface area contributed by atoms with Gasteiger partial charge in [-0.05, 0) is 48.2 Å². The van der Waals surface area contributed by atoms with Crippen LogP contribution in [0.2, 0.25) is 0 Å². The van der Waals surface area contributed by atoms with E-state index in [2.05, 4.69) is 5.32 Å². The fraction of sp³-hybridized carbons (Fsp3) is 0.259. The van der Waals surface area contributed by atoms with Crippen LogP contribution in [-0.2, 0) is 32.5 Å². The molecule has 0 radical (unpaired) electrons. The van der Waals surface area contributed by atoms with Crippen LogP contribution in [0.3, 0.4) is 0 Å². The van der Waals surface area contributed by atoms with Gasteiger partial charge in [0, 0.05) is 18.7 Å². The molecule has 1 heterocycles. The van der Waals surface area contributed by atoms with Crippen LogP contribution >= 0.6 is 0 Å². The minimum absolute atomic E-state index is 0.0452. The molecule has 0 aromatic heterocycles. The maximum absolute atomic E-state index is 13.4. The molecule has 3 aromatic carbocycles. The normalized spacial score (nSPS) is 14.6. The maximum Gasteiger partial charge on any atom is 0.307 e. The number of nitrogens with one attached hydrogen (secondary N) is 1. The lowest BCUT2D eigenvalue weighted by atomic mass is 10.0. The smallest absolute Gasteiger partial charge is 0.307 e. The van der Waals surface area contributed by atoms with Crippen molar-refractivity contribution in [2.45, 2.75) is 37.2 Å². The molecule has 1 atom stereocenters. The van der Waals surface area contributed by atoms with E-state index in [0.29, 0.717) is 19.5 Å². The van der Waals surface area contributed by atoms with Crippen LogP contribution in [0.15, 0.2) is 77.7 Å². The van der Waals surface area contributed by atoms with Gasteiger partial charge in [0.15, 0.2) is 0 Å². The Morgan fingerprint density at radius 3 is 2.43 bits per heavy atom. The van der Waals surface area contributed by atoms with Crippen LogP contribution < -0.4 is 5.32 Å². The van der Waals surface area contributed by atoms with Crippen molar-refractivity contribution in [3.8, 4) is 0 Å². The zero-order chi connectivity index (χ0) is 25.0. The van der Waals surface area contributed by atoms with E-state index >= 15 is 0 Å². The number of fused-ring (bicyclic) bond motifs is 1. The summed E-state index contributed by atoms with van der Waals surface area (Å²) in [6.07, 6.45) is 0.595. The lowest BCUT2D eigenvalue weighted by Crippen LogP contribution is -2.36. The molecule has 0 saturated carbocycles. The molecular weight excluding hydrogens is 464 g/mol. The Hall–Kier alpha value is -3.49. The van der Waals surface area contributed by atoms with Crippen LogP contribution in [0.4, 0.5) is 0 Å². The van der Waals surface area contributed by atoms with E-state index in [1.807, 2.05) is 55.5 Å². The van der Waals surface area contributed by atoms with Crippen LogP contribution in [-0.4, -0.2) is 38.3 Å². The number of aryl methyl sites for hydroxylation is 1. The lowest BCUT2D eigenvalue weighted by Gasteiger charge is -2.28. The molecule has 0 aliphatic carbocycles. The van der Waals surface area contributed by atoms with Gasteiger partial charge in [0.1, 0.15) is 0 Å². The minimum atomic E-state index is -3.79. The zero-order valence-electron chi connectivity index (χ0n) is 19.7. The number of benzene rings is 3. The van der Waals surface area contributed by atoms with Gasteiger partial charge in [-0.1, -0.05) is 60.2 Å². The number of amides is 1. The first-order chi connectivity index (χ1) is 16.8. The average Bonchev–Trinajstić information content (AvgIpc) is 2.88. The first-order valence-corrected chi connectivity index (χ1v) is 12.8. The van der Waals surface area contributed by atoms with Gasteiger partial charge < -0.3 is 10.1 Å². The monoisotopic (exact) mass is 492 g/mol. The number of carbonyl (C=O) groups excluding carboxylic acids is 2. The molecule has 1 N–H and O–H groups in total. The third kappa shape index (κ3) is 5.61. The molecule has 0 saturated heterocycles. The minimum Gasteiger partial charge on any atom is -0.469 e. The highest BCUT2D eigenvalue weighted by molar-refractivity contribution is 7.89. The highest BCUT2D eigenvalue weighted by atomic mass is 32.2. The Balaban J connectivity index is 1.55. The van der Waals surface area contributed by atoms with E-state index in [0.717, 1.165) is 22.3 Å². The van der Waals surface area contributed by atoms with E-state index in [9.17, 15) is 18.0 Å². The third-order valence-electron chi connectivity index (χ3n) is 6.21. The quantitative estimate of drug-likeness (QED) is 0.507. The van der Waals surface area contributed by atoms with Gasteiger partial charge in [-0.15, -0.1) is 0 Å². The first-order valence-electron chi connectivity index (χ1n) is 11.4. The molecule has 182 valence electrons. The number of esters is 1. The van der Waals surface area contributed by atoms with Crippen molar-refractivity contribution in [2.75, 3.05) is 13.7 Å². The van der Waals surface area contributed by atoms with Gasteiger partial charge in [0.2, 0.25) is 10.0 Å². The van der Waals surface area contributed by atoms with Crippen molar-refractivity contribution in [1.82, 2.24) is 9.62 Å². The molecule has 0 bridgehead atoms. The number of sulfonamides is 1. The Morgan fingerprint density at radius 2 is 1.71 bits per heavy atom. The van der Waals surface area contributed by atoms with Crippen LogP contribution in [0.1, 0.15) is 45.1 Å². The summed E-state index contributed by atoms with van der Waals surface area (Å²) in [6, 6.07) is 20.7. The number of carbonyl (C=O) groups is 2. The van der Waals surface area contributed by atoms with Gasteiger partial charge in [0.25, 0.3) is 5.91 Å². The average molecular weight is 493 g/mol. The van der Waals surface area contributed by atoms with E-state index in [4.69, 9.17) is 4.74 Å². The number of methoxy groups -OCH3 is 1. The van der Waals surface area contributed by atoms with Crippen molar-refractivity contribution in [3.05, 3.63) is 101 Å². The van der Waals surface area contributed by atoms with Crippen molar-refractivity contribution >= 4 is 21.9 Å². The molecule has 1 unspecified atom stereocenters. The standard InChI is InChI=1S/C27H28N2O5S/c1-19-10-12-21(13-11-19)25(17-26(30)34-2)28-27(31)22-8-5-9-24(16-22)35(32,33)29-15-14-20-6-3-4-7-23(20)18-29/h3-13,16,25H,14-15,17-18H2,1-2H3,(H,28,31). The van der Waals surface area contributed by atoms with Crippen LogP contribution in [0.25, 0.3) is 0 Å². The van der Waals surface area contributed by atoms with Gasteiger partial charge in [-0.3, -0.25) is 9.59 Å². The summed E-state index contributed by atoms with van der Waals surface area (Å²) >= 11 is 0. The fourth-order valence-electron chi connectivity index (χ4n) is 4.16. The Kier molecular flexibility index (Phi) is 7.33. The Bertz CT molecular complexity index is 1340. The van der Waals surface area contributed by atoms with E-state index < -0.39 is 27.9 Å². The van der Waals surface area contributed by atoms with Crippen molar-refractivity contribution < 1.29 is 22.7 Å². The molecule has 1 aliphatic heterocycles. The summed E-state index contributed by atoms with van der Waals surface area (Å²) in [4.78, 5) is 25.1. The molecule has 1 amide bonds. The molecule has 8 heteroatoms. The third-order valence-corrected chi connectivity index (χ3v) is 8.05. The van der Waals surface area contributed by atoms with E-state index in [1.54, 1.807) is 12.1 Å². The molecular formula is C27H28N2O5S. The summed E-state index contributed by atoms with van der Waals surface area (Å²) in [5, 5.41) is 2.86. The lowest BCUT2D eigenvalue weighted by molar-refractivity contribution is -0.141. The molecule has 0 spiro atoms. The van der Waals surface area contributed by atoms with Crippen molar-refractivity contribution in [1.29, 1.82) is 0 Å². The van der Waals surface area contributed by atoms with E-state index in [-0.39, 0.29) is 16.9 Å². The first kappa shape index (κ1) is 24.6. The molecule has 35 heavy (non-hydrogen) atoms. The van der Waals surface area contributed by atoms with Gasteiger partial charge in [0.05, 0.1) is 24.5 Å². The number of ether oxygens (including phenoxy) is 1. The number of hydrogen-bond donors (Lipinski definition) is 1. The van der Waals surface area contributed by atoms with Crippen LogP contribution in [0.5, 0.6) is 0 Å². The second-order valence-corrected chi connectivity index (χ2v) is 10.5. The predicted octanol–water partition coefficient (Wildman–Crippen LogP) is 3.78. The topological polar surface area (TPSA) is 92.8 Å².